The molecule has 1 rings (SSSR count). The number of rotatable bonds is 5. The second-order valence-electron chi connectivity index (χ2n) is 3.34. The van der Waals surface area contributed by atoms with Crippen molar-refractivity contribution in [1.29, 1.82) is 0 Å². The highest BCUT2D eigenvalue weighted by Gasteiger charge is 2.12. The van der Waals surface area contributed by atoms with Crippen molar-refractivity contribution in [3.8, 4) is 0 Å². The zero-order valence-corrected chi connectivity index (χ0v) is 9.26. The molecule has 0 aromatic heterocycles. The topological polar surface area (TPSA) is 34.1 Å². The summed E-state index contributed by atoms with van der Waals surface area (Å²) in [4.78, 5) is 0.441. The summed E-state index contributed by atoms with van der Waals surface area (Å²) < 4.78 is 23.4. The first kappa shape index (κ1) is 11.2. The standard InChI is InChI=1S/C11H16O2S/c1-2-3-7-10-14(12,13)11-8-5-4-6-9-11/h4-6,8-9H,2-3,7,10H2,1H3. The van der Waals surface area contributed by atoms with Crippen molar-refractivity contribution >= 4 is 9.84 Å². The van der Waals surface area contributed by atoms with E-state index in [-0.39, 0.29) is 5.75 Å². The quantitative estimate of drug-likeness (QED) is 0.703. The Hall–Kier alpha value is -0.830. The van der Waals surface area contributed by atoms with Gasteiger partial charge in [0.2, 0.25) is 0 Å². The minimum Gasteiger partial charge on any atom is -0.224 e. The van der Waals surface area contributed by atoms with Crippen LogP contribution in [0.15, 0.2) is 35.2 Å². The van der Waals surface area contributed by atoms with Crippen molar-refractivity contribution in [1.82, 2.24) is 0 Å². The predicted molar refractivity (Wildman–Crippen MR) is 58.0 cm³/mol. The fourth-order valence-corrected chi connectivity index (χ4v) is 2.68. The maximum Gasteiger partial charge on any atom is 0.178 e. The Bertz CT molecular complexity index is 354. The molecule has 1 aromatic rings. The number of sulfone groups is 1. The summed E-state index contributed by atoms with van der Waals surface area (Å²) in [6.07, 6.45) is 2.78. The zero-order valence-electron chi connectivity index (χ0n) is 8.44. The highest BCUT2D eigenvalue weighted by Crippen LogP contribution is 2.12. The predicted octanol–water partition coefficient (Wildman–Crippen LogP) is 2.65. The van der Waals surface area contributed by atoms with Crippen molar-refractivity contribution in [2.45, 2.75) is 31.1 Å². The summed E-state index contributed by atoms with van der Waals surface area (Å²) in [6.45, 7) is 2.06. The first-order valence-electron chi connectivity index (χ1n) is 4.94. The van der Waals surface area contributed by atoms with Crippen molar-refractivity contribution in [2.75, 3.05) is 5.75 Å². The second kappa shape index (κ2) is 5.15. The molecule has 0 saturated carbocycles. The van der Waals surface area contributed by atoms with Gasteiger partial charge in [0.15, 0.2) is 9.84 Å². The molecule has 0 unspecified atom stereocenters. The summed E-state index contributed by atoms with van der Waals surface area (Å²) in [5.74, 6) is 0.269. The van der Waals surface area contributed by atoms with Crippen LogP contribution in [-0.4, -0.2) is 14.2 Å². The van der Waals surface area contributed by atoms with Gasteiger partial charge in [-0.1, -0.05) is 38.0 Å². The number of hydrogen-bond donors (Lipinski definition) is 0. The summed E-state index contributed by atoms with van der Waals surface area (Å²) in [5, 5.41) is 0. The smallest absolute Gasteiger partial charge is 0.178 e. The Labute approximate surface area is 85.9 Å². The van der Waals surface area contributed by atoms with Gasteiger partial charge in [-0.2, -0.15) is 0 Å². The van der Waals surface area contributed by atoms with Crippen molar-refractivity contribution in [2.24, 2.45) is 0 Å². The second-order valence-corrected chi connectivity index (χ2v) is 5.45. The van der Waals surface area contributed by atoms with Crippen LogP contribution in [0.3, 0.4) is 0 Å². The van der Waals surface area contributed by atoms with Crippen LogP contribution in [0.4, 0.5) is 0 Å². The van der Waals surface area contributed by atoms with E-state index in [0.29, 0.717) is 4.90 Å². The molecule has 0 aliphatic rings. The van der Waals surface area contributed by atoms with Crippen molar-refractivity contribution < 1.29 is 8.42 Å². The third-order valence-corrected chi connectivity index (χ3v) is 3.94. The lowest BCUT2D eigenvalue weighted by Gasteiger charge is -2.02. The van der Waals surface area contributed by atoms with E-state index < -0.39 is 9.84 Å². The van der Waals surface area contributed by atoms with E-state index in [1.165, 1.54) is 0 Å². The molecule has 2 nitrogen and oxygen atoms in total. The molecule has 0 fully saturated rings. The maximum atomic E-state index is 11.7. The summed E-state index contributed by atoms with van der Waals surface area (Å²) in [5.41, 5.74) is 0. The van der Waals surface area contributed by atoms with Gasteiger partial charge in [-0.3, -0.25) is 0 Å². The van der Waals surface area contributed by atoms with Crippen molar-refractivity contribution in [3.05, 3.63) is 30.3 Å². The van der Waals surface area contributed by atoms with Crippen LogP contribution in [-0.2, 0) is 9.84 Å². The largest absolute Gasteiger partial charge is 0.224 e. The molecule has 0 aliphatic carbocycles. The Kier molecular flexibility index (Phi) is 4.14. The first-order chi connectivity index (χ1) is 6.67. The Morgan fingerprint density at radius 3 is 2.29 bits per heavy atom. The molecule has 1 aromatic carbocycles. The lowest BCUT2D eigenvalue weighted by molar-refractivity contribution is 0.591. The minimum atomic E-state index is -3.03. The molecule has 0 radical (unpaired) electrons. The molecule has 3 heteroatoms. The molecule has 0 atom stereocenters. The molecule has 78 valence electrons. The number of benzene rings is 1. The molecule has 0 bridgehead atoms. The Morgan fingerprint density at radius 1 is 1.07 bits per heavy atom. The van der Waals surface area contributed by atoms with Gasteiger partial charge in [-0.15, -0.1) is 0 Å². The SMILES string of the molecule is CCCCCS(=O)(=O)c1ccccc1. The summed E-state index contributed by atoms with van der Waals surface area (Å²) in [7, 11) is -3.03. The summed E-state index contributed by atoms with van der Waals surface area (Å²) in [6, 6.07) is 8.65. The third kappa shape index (κ3) is 3.14. The van der Waals surface area contributed by atoms with Crippen LogP contribution in [0, 0.1) is 0 Å². The maximum absolute atomic E-state index is 11.7. The van der Waals surface area contributed by atoms with Gasteiger partial charge in [0.25, 0.3) is 0 Å². The van der Waals surface area contributed by atoms with E-state index in [9.17, 15) is 8.42 Å². The van der Waals surface area contributed by atoms with Crippen LogP contribution in [0.5, 0.6) is 0 Å². The van der Waals surface area contributed by atoms with Gasteiger partial charge in [0.1, 0.15) is 0 Å². The average Bonchev–Trinajstić information content (AvgIpc) is 2.19. The Morgan fingerprint density at radius 2 is 1.71 bits per heavy atom. The fraction of sp³-hybridized carbons (Fsp3) is 0.455. The van der Waals surface area contributed by atoms with Gasteiger partial charge < -0.3 is 0 Å². The third-order valence-electron chi connectivity index (χ3n) is 2.12. The van der Waals surface area contributed by atoms with Gasteiger partial charge in [0.05, 0.1) is 10.6 Å². The molecule has 0 spiro atoms. The molecule has 0 saturated heterocycles. The molecular formula is C11H16O2S. The molecule has 0 heterocycles. The minimum absolute atomic E-state index is 0.269. The van der Waals surface area contributed by atoms with Crippen LogP contribution < -0.4 is 0 Å². The van der Waals surface area contributed by atoms with Crippen LogP contribution in [0.1, 0.15) is 26.2 Å². The van der Waals surface area contributed by atoms with E-state index in [1.807, 2.05) is 6.07 Å². The molecular weight excluding hydrogens is 196 g/mol. The normalized spacial score (nSPS) is 11.5. The highest BCUT2D eigenvalue weighted by atomic mass is 32.2. The molecule has 0 amide bonds. The van der Waals surface area contributed by atoms with Crippen molar-refractivity contribution in [3.63, 3.8) is 0 Å². The Balaban J connectivity index is 2.67. The average molecular weight is 212 g/mol. The highest BCUT2D eigenvalue weighted by molar-refractivity contribution is 7.91. The lowest BCUT2D eigenvalue weighted by Crippen LogP contribution is -2.06. The van der Waals surface area contributed by atoms with Gasteiger partial charge in [-0.25, -0.2) is 8.42 Å². The van der Waals surface area contributed by atoms with E-state index >= 15 is 0 Å². The van der Waals surface area contributed by atoms with Gasteiger partial charge in [0, 0.05) is 0 Å². The van der Waals surface area contributed by atoms with Crippen LogP contribution in [0.25, 0.3) is 0 Å². The molecule has 0 N–H and O–H groups in total. The molecule has 14 heavy (non-hydrogen) atoms. The van der Waals surface area contributed by atoms with Crippen LogP contribution in [0.2, 0.25) is 0 Å². The molecule has 0 aliphatic heterocycles. The van der Waals surface area contributed by atoms with Gasteiger partial charge in [-0.05, 0) is 18.6 Å². The zero-order chi connectivity index (χ0) is 10.4. The summed E-state index contributed by atoms with van der Waals surface area (Å²) >= 11 is 0. The van der Waals surface area contributed by atoms with Gasteiger partial charge >= 0.3 is 0 Å². The van der Waals surface area contributed by atoms with E-state index in [4.69, 9.17) is 0 Å². The van der Waals surface area contributed by atoms with Crippen LogP contribution >= 0.6 is 0 Å². The van der Waals surface area contributed by atoms with E-state index in [2.05, 4.69) is 6.92 Å². The number of unbranched alkanes of at least 4 members (excludes halogenated alkanes) is 2. The fourth-order valence-electron chi connectivity index (χ4n) is 1.29. The van der Waals surface area contributed by atoms with E-state index in [1.54, 1.807) is 24.3 Å². The lowest BCUT2D eigenvalue weighted by atomic mass is 10.3. The monoisotopic (exact) mass is 212 g/mol. The first-order valence-corrected chi connectivity index (χ1v) is 6.60. The van der Waals surface area contributed by atoms with E-state index in [0.717, 1.165) is 19.3 Å². The number of hydrogen-bond acceptors (Lipinski definition) is 2.